The van der Waals surface area contributed by atoms with Gasteiger partial charge in [-0.25, -0.2) is 8.42 Å². The molecule has 0 bridgehead atoms. The number of hydrogen-bond donors (Lipinski definition) is 2. The molecule has 176 valence electrons. The van der Waals surface area contributed by atoms with Crippen molar-refractivity contribution in [1.29, 1.82) is 0 Å². The van der Waals surface area contributed by atoms with Crippen LogP contribution in [0.25, 0.3) is 0 Å². The van der Waals surface area contributed by atoms with Gasteiger partial charge in [0, 0.05) is 31.9 Å². The SMILES string of the molecule is O=C(Nc1ccc(Br)cc1C(=O)c1ccccc1)c1ccc(NS(=O)(=O)c2ccc(Cl)cc2)cc1. The maximum absolute atomic E-state index is 13.0. The molecule has 0 aliphatic heterocycles. The Labute approximate surface area is 216 Å². The zero-order chi connectivity index (χ0) is 25.0. The zero-order valence-electron chi connectivity index (χ0n) is 18.0. The second kappa shape index (κ2) is 10.4. The van der Waals surface area contributed by atoms with Gasteiger partial charge < -0.3 is 5.32 Å². The molecule has 0 saturated heterocycles. The average Bonchev–Trinajstić information content (AvgIpc) is 2.85. The van der Waals surface area contributed by atoms with Crippen LogP contribution in [0.3, 0.4) is 0 Å². The van der Waals surface area contributed by atoms with Crippen molar-refractivity contribution in [3.05, 3.63) is 123 Å². The fourth-order valence-corrected chi connectivity index (χ4v) is 4.82. The van der Waals surface area contributed by atoms with Crippen molar-refractivity contribution >= 4 is 60.6 Å². The highest BCUT2D eigenvalue weighted by molar-refractivity contribution is 9.10. The summed E-state index contributed by atoms with van der Waals surface area (Å²) in [6.45, 7) is 0. The van der Waals surface area contributed by atoms with Gasteiger partial charge in [-0.05, 0) is 66.7 Å². The third-order valence-electron chi connectivity index (χ3n) is 5.03. The van der Waals surface area contributed by atoms with E-state index in [0.717, 1.165) is 0 Å². The first-order valence-corrected chi connectivity index (χ1v) is 13.0. The molecule has 0 saturated carbocycles. The first kappa shape index (κ1) is 24.7. The number of hydrogen-bond acceptors (Lipinski definition) is 4. The van der Waals surface area contributed by atoms with Crippen molar-refractivity contribution in [1.82, 2.24) is 0 Å². The molecule has 4 aromatic rings. The monoisotopic (exact) mass is 568 g/mol. The van der Waals surface area contributed by atoms with E-state index in [1.807, 2.05) is 6.07 Å². The van der Waals surface area contributed by atoms with Crippen LogP contribution >= 0.6 is 27.5 Å². The minimum Gasteiger partial charge on any atom is -0.321 e. The number of halogens is 2. The maximum Gasteiger partial charge on any atom is 0.261 e. The number of sulfonamides is 1. The predicted octanol–water partition coefficient (Wildman–Crippen LogP) is 6.39. The van der Waals surface area contributed by atoms with Gasteiger partial charge in [-0.1, -0.05) is 57.9 Å². The number of carbonyl (C=O) groups excluding carboxylic acids is 2. The molecule has 0 unspecified atom stereocenters. The molecular formula is C26H18BrClN2O4S. The second-order valence-corrected chi connectivity index (χ2v) is 10.5. The molecule has 6 nitrogen and oxygen atoms in total. The summed E-state index contributed by atoms with van der Waals surface area (Å²) in [6.07, 6.45) is 0. The highest BCUT2D eigenvalue weighted by atomic mass is 79.9. The van der Waals surface area contributed by atoms with Crippen molar-refractivity contribution in [2.24, 2.45) is 0 Å². The number of benzene rings is 4. The normalized spacial score (nSPS) is 11.0. The Balaban J connectivity index is 1.51. The van der Waals surface area contributed by atoms with Crippen molar-refractivity contribution in [3.63, 3.8) is 0 Å². The summed E-state index contributed by atoms with van der Waals surface area (Å²) in [5, 5.41) is 3.20. The minimum absolute atomic E-state index is 0.0644. The number of ketones is 1. The van der Waals surface area contributed by atoms with Gasteiger partial charge in [0.1, 0.15) is 0 Å². The van der Waals surface area contributed by atoms with E-state index in [4.69, 9.17) is 11.6 Å². The van der Waals surface area contributed by atoms with Crippen LogP contribution in [-0.2, 0) is 10.0 Å². The number of amides is 1. The molecule has 0 aliphatic carbocycles. The van der Waals surface area contributed by atoms with E-state index in [1.165, 1.54) is 48.5 Å². The van der Waals surface area contributed by atoms with Gasteiger partial charge in [0.15, 0.2) is 5.78 Å². The first-order chi connectivity index (χ1) is 16.7. The lowest BCUT2D eigenvalue weighted by Gasteiger charge is -2.12. The molecule has 0 radical (unpaired) electrons. The molecule has 0 aromatic heterocycles. The quantitative estimate of drug-likeness (QED) is 0.252. The van der Waals surface area contributed by atoms with Crippen LogP contribution in [0.2, 0.25) is 5.02 Å². The third-order valence-corrected chi connectivity index (χ3v) is 7.18. The van der Waals surface area contributed by atoms with Crippen molar-refractivity contribution in [3.8, 4) is 0 Å². The Morgan fingerprint density at radius 2 is 1.43 bits per heavy atom. The Hall–Kier alpha value is -3.46. The first-order valence-electron chi connectivity index (χ1n) is 10.3. The lowest BCUT2D eigenvalue weighted by Crippen LogP contribution is -2.16. The van der Waals surface area contributed by atoms with E-state index in [9.17, 15) is 18.0 Å². The topological polar surface area (TPSA) is 92.3 Å². The Bertz CT molecular complexity index is 1490. The molecule has 4 rings (SSSR count). The molecule has 2 N–H and O–H groups in total. The lowest BCUT2D eigenvalue weighted by atomic mass is 10.0. The van der Waals surface area contributed by atoms with E-state index in [2.05, 4.69) is 26.0 Å². The summed E-state index contributed by atoms with van der Waals surface area (Å²) in [7, 11) is -3.81. The van der Waals surface area contributed by atoms with E-state index in [-0.39, 0.29) is 10.7 Å². The number of nitrogens with one attached hydrogen (secondary N) is 2. The molecular weight excluding hydrogens is 552 g/mol. The summed E-state index contributed by atoms with van der Waals surface area (Å²) < 4.78 is 28.3. The molecule has 0 aliphatic rings. The van der Waals surface area contributed by atoms with E-state index in [1.54, 1.807) is 42.5 Å². The molecule has 9 heteroatoms. The highest BCUT2D eigenvalue weighted by Gasteiger charge is 2.18. The summed E-state index contributed by atoms with van der Waals surface area (Å²) in [5.41, 5.74) is 1.78. The Kier molecular flexibility index (Phi) is 7.35. The molecule has 0 atom stereocenters. The van der Waals surface area contributed by atoms with E-state index >= 15 is 0 Å². The summed E-state index contributed by atoms with van der Waals surface area (Å²) in [6, 6.07) is 25.5. The Morgan fingerprint density at radius 3 is 2.09 bits per heavy atom. The van der Waals surface area contributed by atoms with Gasteiger partial charge in [0.05, 0.1) is 10.6 Å². The Morgan fingerprint density at radius 1 is 0.771 bits per heavy atom. The van der Waals surface area contributed by atoms with Gasteiger partial charge >= 0.3 is 0 Å². The molecule has 4 aromatic carbocycles. The lowest BCUT2D eigenvalue weighted by molar-refractivity contribution is 0.102. The largest absolute Gasteiger partial charge is 0.321 e. The van der Waals surface area contributed by atoms with Crippen LogP contribution in [0.5, 0.6) is 0 Å². The second-order valence-electron chi connectivity index (χ2n) is 7.48. The fraction of sp³-hybridized carbons (Fsp3) is 0. The van der Waals surface area contributed by atoms with Crippen molar-refractivity contribution in [2.75, 3.05) is 10.0 Å². The number of anilines is 2. The molecule has 0 fully saturated rings. The summed E-state index contributed by atoms with van der Waals surface area (Å²) in [4.78, 5) is 25.9. The van der Waals surface area contributed by atoms with Gasteiger partial charge in [0.2, 0.25) is 0 Å². The average molecular weight is 570 g/mol. The van der Waals surface area contributed by atoms with E-state index in [0.29, 0.717) is 37.6 Å². The summed E-state index contributed by atoms with van der Waals surface area (Å²) >= 11 is 9.19. The van der Waals surface area contributed by atoms with Crippen molar-refractivity contribution < 1.29 is 18.0 Å². The zero-order valence-corrected chi connectivity index (χ0v) is 21.2. The molecule has 35 heavy (non-hydrogen) atoms. The standard InChI is InChI=1S/C26H18BrClN2O4S/c27-19-8-15-24(23(16-19)25(31)17-4-2-1-3-5-17)29-26(32)18-6-11-21(12-7-18)30-35(33,34)22-13-9-20(28)10-14-22/h1-16,30H,(H,29,32). The van der Waals surface area contributed by atoms with Gasteiger partial charge in [0.25, 0.3) is 15.9 Å². The smallest absolute Gasteiger partial charge is 0.261 e. The van der Waals surface area contributed by atoms with Crippen LogP contribution in [0, 0.1) is 0 Å². The van der Waals surface area contributed by atoms with Gasteiger partial charge in [-0.3, -0.25) is 14.3 Å². The highest BCUT2D eigenvalue weighted by Crippen LogP contribution is 2.25. The maximum atomic E-state index is 13.0. The van der Waals surface area contributed by atoms with Crippen LogP contribution < -0.4 is 10.0 Å². The molecule has 0 spiro atoms. The summed E-state index contributed by atoms with van der Waals surface area (Å²) in [5.74, 6) is -0.671. The van der Waals surface area contributed by atoms with Gasteiger partial charge in [-0.2, -0.15) is 0 Å². The number of carbonyl (C=O) groups is 2. The van der Waals surface area contributed by atoms with Crippen LogP contribution in [-0.4, -0.2) is 20.1 Å². The minimum atomic E-state index is -3.81. The number of rotatable bonds is 7. The van der Waals surface area contributed by atoms with Crippen molar-refractivity contribution in [2.45, 2.75) is 4.90 Å². The van der Waals surface area contributed by atoms with E-state index < -0.39 is 15.9 Å². The van der Waals surface area contributed by atoms with Crippen LogP contribution in [0.15, 0.2) is 106 Å². The fourth-order valence-electron chi connectivity index (χ4n) is 3.27. The molecule has 0 heterocycles. The predicted molar refractivity (Wildman–Crippen MR) is 141 cm³/mol. The van der Waals surface area contributed by atoms with Crippen LogP contribution in [0.4, 0.5) is 11.4 Å². The molecule has 1 amide bonds. The third kappa shape index (κ3) is 5.97. The van der Waals surface area contributed by atoms with Crippen LogP contribution in [0.1, 0.15) is 26.3 Å². The van der Waals surface area contributed by atoms with Gasteiger partial charge in [-0.15, -0.1) is 0 Å².